The number of nitroso groups, excluding NO2 is 1. The van der Waals surface area contributed by atoms with Crippen LogP contribution in [0.2, 0.25) is 0 Å². The van der Waals surface area contributed by atoms with Gasteiger partial charge in [0.25, 0.3) is 0 Å². The second-order valence-corrected chi connectivity index (χ2v) is 7.48. The summed E-state index contributed by atoms with van der Waals surface area (Å²) in [7, 11) is 0. The standard InChI is InChI=1S/C18H21NO3/c1-18-7-6-13-12-5-3-11(20)8-10(12)2-4-14(13)15(18)9-16(19-22)17(18)21/h3,5,8,13-16,20H,2,4,6-7,9H2,1H3/t13-,14-,15+,16?,18+/m1/s1. The first-order valence-corrected chi connectivity index (χ1v) is 8.23. The monoisotopic (exact) mass is 299 g/mol. The number of ketones is 1. The van der Waals surface area contributed by atoms with Crippen LogP contribution in [0.3, 0.4) is 0 Å². The average molecular weight is 299 g/mol. The van der Waals surface area contributed by atoms with Gasteiger partial charge in [0, 0.05) is 5.41 Å². The number of rotatable bonds is 1. The quantitative estimate of drug-likeness (QED) is 0.806. The fraction of sp³-hybridized carbons (Fsp3) is 0.611. The molecule has 5 atom stereocenters. The highest BCUT2D eigenvalue weighted by Gasteiger charge is 2.58. The number of carbonyl (C=O) groups excluding carboxylic acids is 1. The van der Waals surface area contributed by atoms with Crippen LogP contribution < -0.4 is 0 Å². The van der Waals surface area contributed by atoms with Crippen molar-refractivity contribution in [3.8, 4) is 5.75 Å². The zero-order chi connectivity index (χ0) is 15.5. The molecular weight excluding hydrogens is 278 g/mol. The third kappa shape index (κ3) is 1.73. The molecule has 4 rings (SSSR count). The highest BCUT2D eigenvalue weighted by Crippen LogP contribution is 2.60. The SMILES string of the molecule is C[C@]12CC[C@@H]3c4ccc(O)cc4CC[C@H]3[C@@H]1CC(N=O)C2=O. The summed E-state index contributed by atoms with van der Waals surface area (Å²) in [5, 5.41) is 12.8. The minimum Gasteiger partial charge on any atom is -0.508 e. The zero-order valence-electron chi connectivity index (χ0n) is 12.8. The number of aromatic hydroxyl groups is 1. The Morgan fingerprint density at radius 2 is 2.14 bits per heavy atom. The van der Waals surface area contributed by atoms with E-state index >= 15 is 0 Å². The van der Waals surface area contributed by atoms with Crippen molar-refractivity contribution < 1.29 is 9.90 Å². The first-order valence-electron chi connectivity index (χ1n) is 8.23. The highest BCUT2D eigenvalue weighted by atomic mass is 16.3. The normalized spacial score (nSPS) is 39.8. The maximum atomic E-state index is 12.5. The number of carbonyl (C=O) groups is 1. The summed E-state index contributed by atoms with van der Waals surface area (Å²) in [5.74, 6) is 1.61. The lowest BCUT2D eigenvalue weighted by molar-refractivity contribution is -0.130. The number of nitrogens with zero attached hydrogens (tertiary/aromatic N) is 1. The molecule has 1 unspecified atom stereocenters. The molecule has 0 radical (unpaired) electrons. The van der Waals surface area contributed by atoms with Gasteiger partial charge in [-0.3, -0.25) is 4.79 Å². The third-order valence-corrected chi connectivity index (χ3v) is 6.57. The Kier molecular flexibility index (Phi) is 2.94. The fourth-order valence-corrected chi connectivity index (χ4v) is 5.45. The number of phenolic OH excluding ortho intramolecular Hbond substituents is 1. The predicted octanol–water partition coefficient (Wildman–Crippen LogP) is 3.56. The predicted molar refractivity (Wildman–Crippen MR) is 82.7 cm³/mol. The molecule has 0 aromatic heterocycles. The van der Waals surface area contributed by atoms with Gasteiger partial charge in [-0.25, -0.2) is 0 Å². The Labute approximate surface area is 129 Å². The van der Waals surface area contributed by atoms with E-state index < -0.39 is 6.04 Å². The molecule has 116 valence electrons. The Morgan fingerprint density at radius 3 is 2.91 bits per heavy atom. The van der Waals surface area contributed by atoms with E-state index in [2.05, 4.69) is 11.2 Å². The number of hydrogen-bond acceptors (Lipinski definition) is 4. The third-order valence-electron chi connectivity index (χ3n) is 6.57. The van der Waals surface area contributed by atoms with Crippen molar-refractivity contribution in [3.63, 3.8) is 0 Å². The maximum Gasteiger partial charge on any atom is 0.167 e. The van der Waals surface area contributed by atoms with Crippen LogP contribution in [-0.4, -0.2) is 16.9 Å². The summed E-state index contributed by atoms with van der Waals surface area (Å²) in [5.41, 5.74) is 2.24. The molecule has 2 fully saturated rings. The molecule has 2 saturated carbocycles. The second kappa shape index (κ2) is 4.64. The van der Waals surface area contributed by atoms with Crippen LogP contribution in [0.25, 0.3) is 0 Å². The smallest absolute Gasteiger partial charge is 0.167 e. The van der Waals surface area contributed by atoms with Gasteiger partial charge < -0.3 is 5.11 Å². The lowest BCUT2D eigenvalue weighted by Crippen LogP contribution is -2.42. The number of benzene rings is 1. The van der Waals surface area contributed by atoms with E-state index in [0.717, 1.165) is 25.7 Å². The zero-order valence-corrected chi connectivity index (χ0v) is 12.8. The average Bonchev–Trinajstić information content (AvgIpc) is 2.78. The van der Waals surface area contributed by atoms with Crippen molar-refractivity contribution >= 4 is 5.78 Å². The summed E-state index contributed by atoms with van der Waals surface area (Å²) in [6, 6.07) is 5.07. The van der Waals surface area contributed by atoms with Gasteiger partial charge in [-0.1, -0.05) is 18.2 Å². The summed E-state index contributed by atoms with van der Waals surface area (Å²) in [6.07, 6.45) is 4.47. The van der Waals surface area contributed by atoms with Gasteiger partial charge in [-0.05, 0) is 73.1 Å². The minimum absolute atomic E-state index is 0.0717. The van der Waals surface area contributed by atoms with E-state index in [-0.39, 0.29) is 17.1 Å². The van der Waals surface area contributed by atoms with Crippen molar-refractivity contribution in [2.75, 3.05) is 0 Å². The number of fused-ring (bicyclic) bond motifs is 5. The van der Waals surface area contributed by atoms with Gasteiger partial charge in [0.2, 0.25) is 0 Å². The molecule has 3 aliphatic rings. The van der Waals surface area contributed by atoms with E-state index in [1.165, 1.54) is 11.1 Å². The van der Waals surface area contributed by atoms with Gasteiger partial charge in [0.1, 0.15) is 5.75 Å². The first kappa shape index (κ1) is 13.9. The van der Waals surface area contributed by atoms with E-state index in [4.69, 9.17) is 0 Å². The lowest BCUT2D eigenvalue weighted by Gasteiger charge is -2.48. The van der Waals surface area contributed by atoms with Gasteiger partial charge >= 0.3 is 0 Å². The lowest BCUT2D eigenvalue weighted by atomic mass is 9.55. The minimum atomic E-state index is -0.630. The molecule has 0 saturated heterocycles. The van der Waals surface area contributed by atoms with Gasteiger partial charge in [0.15, 0.2) is 11.8 Å². The molecule has 0 aliphatic heterocycles. The summed E-state index contributed by atoms with van der Waals surface area (Å²) in [4.78, 5) is 23.5. The largest absolute Gasteiger partial charge is 0.508 e. The van der Waals surface area contributed by atoms with Crippen LogP contribution in [0.5, 0.6) is 5.75 Å². The van der Waals surface area contributed by atoms with Crippen molar-refractivity contribution in [2.45, 2.75) is 51.0 Å². The number of Topliss-reactive ketones (excluding diaryl/α,β-unsaturated/α-hetero) is 1. The Bertz CT molecular complexity index is 656. The van der Waals surface area contributed by atoms with Crippen LogP contribution in [0.1, 0.15) is 49.7 Å². The molecule has 1 N–H and O–H groups in total. The van der Waals surface area contributed by atoms with Crippen LogP contribution in [0, 0.1) is 22.2 Å². The molecule has 3 aliphatic carbocycles. The van der Waals surface area contributed by atoms with Crippen molar-refractivity contribution in [3.05, 3.63) is 34.2 Å². The Balaban J connectivity index is 1.72. The molecular formula is C18H21NO3. The van der Waals surface area contributed by atoms with Gasteiger partial charge in [-0.2, -0.15) is 4.91 Å². The van der Waals surface area contributed by atoms with E-state index in [9.17, 15) is 14.8 Å². The van der Waals surface area contributed by atoms with Crippen molar-refractivity contribution in [1.82, 2.24) is 0 Å². The Morgan fingerprint density at radius 1 is 1.32 bits per heavy atom. The molecule has 1 aromatic rings. The van der Waals surface area contributed by atoms with E-state index in [0.29, 0.717) is 24.0 Å². The second-order valence-electron chi connectivity index (χ2n) is 7.48. The molecule has 4 nitrogen and oxygen atoms in total. The van der Waals surface area contributed by atoms with Crippen LogP contribution in [0.15, 0.2) is 23.4 Å². The van der Waals surface area contributed by atoms with E-state index in [1.807, 2.05) is 13.0 Å². The molecule has 0 spiro atoms. The number of hydrogen-bond donors (Lipinski definition) is 1. The topological polar surface area (TPSA) is 66.7 Å². The van der Waals surface area contributed by atoms with Gasteiger partial charge in [0.05, 0.1) is 0 Å². The van der Waals surface area contributed by atoms with Crippen molar-refractivity contribution in [1.29, 1.82) is 0 Å². The molecule has 0 amide bonds. The highest BCUT2D eigenvalue weighted by molar-refractivity contribution is 5.92. The summed E-state index contributed by atoms with van der Waals surface area (Å²) < 4.78 is 0. The van der Waals surface area contributed by atoms with E-state index in [1.54, 1.807) is 6.07 Å². The van der Waals surface area contributed by atoms with Gasteiger partial charge in [-0.15, -0.1) is 0 Å². The fourth-order valence-electron chi connectivity index (χ4n) is 5.45. The molecule has 4 heteroatoms. The summed E-state index contributed by atoms with van der Waals surface area (Å²) in [6.45, 7) is 2.05. The molecule has 0 heterocycles. The number of aryl methyl sites for hydroxylation is 1. The maximum absolute atomic E-state index is 12.5. The first-order chi connectivity index (χ1) is 10.5. The van der Waals surface area contributed by atoms with Crippen LogP contribution >= 0.6 is 0 Å². The molecule has 1 aromatic carbocycles. The van der Waals surface area contributed by atoms with Crippen molar-refractivity contribution in [2.24, 2.45) is 22.4 Å². The Hall–Kier alpha value is -1.71. The number of phenols is 1. The van der Waals surface area contributed by atoms with Crippen LogP contribution in [-0.2, 0) is 11.2 Å². The van der Waals surface area contributed by atoms with Crippen LogP contribution in [0.4, 0.5) is 0 Å². The molecule has 0 bridgehead atoms. The molecule has 22 heavy (non-hydrogen) atoms. The summed E-state index contributed by atoms with van der Waals surface area (Å²) >= 11 is 0.